The molecule has 10 heteroatoms. The highest BCUT2D eigenvalue weighted by atomic mass is 35.5. The van der Waals surface area contributed by atoms with Crippen LogP contribution >= 0.6 is 22.9 Å². The number of ether oxygens (including phenoxy) is 3. The zero-order valence-electron chi connectivity index (χ0n) is 25.1. The van der Waals surface area contributed by atoms with E-state index in [1.165, 1.54) is 28.0 Å². The van der Waals surface area contributed by atoms with E-state index >= 15 is 0 Å². The van der Waals surface area contributed by atoms with Crippen LogP contribution in [0, 0.1) is 5.82 Å². The summed E-state index contributed by atoms with van der Waals surface area (Å²) in [6, 6.07) is 16.1. The van der Waals surface area contributed by atoms with Crippen molar-refractivity contribution in [2.24, 2.45) is 4.99 Å². The SMILES string of the molecule is C=CCc1cc(/C=c2/sc3n(c2=O)[C@@H](c2ccc(F)cc2)C(C(=O)OCC)=C(C)N=3)cc(OCC)c1OCc1ccccc1Cl. The third-order valence-electron chi connectivity index (χ3n) is 7.15. The van der Waals surface area contributed by atoms with Crippen molar-refractivity contribution in [2.45, 2.75) is 39.8 Å². The van der Waals surface area contributed by atoms with Crippen molar-refractivity contribution >= 4 is 35.0 Å². The molecule has 4 aromatic rings. The van der Waals surface area contributed by atoms with E-state index < -0.39 is 17.8 Å². The van der Waals surface area contributed by atoms with E-state index in [0.29, 0.717) is 55.7 Å². The van der Waals surface area contributed by atoms with E-state index in [2.05, 4.69) is 11.6 Å². The lowest BCUT2D eigenvalue weighted by molar-refractivity contribution is -0.139. The van der Waals surface area contributed by atoms with Crippen molar-refractivity contribution in [1.29, 1.82) is 0 Å². The summed E-state index contributed by atoms with van der Waals surface area (Å²) < 4.78 is 33.3. The van der Waals surface area contributed by atoms with Gasteiger partial charge in [-0.1, -0.05) is 59.3 Å². The molecule has 1 aromatic heterocycles. The minimum absolute atomic E-state index is 0.156. The number of allylic oxidation sites excluding steroid dienone is 2. The van der Waals surface area contributed by atoms with Gasteiger partial charge in [0, 0.05) is 16.1 Å². The average molecular weight is 647 g/mol. The number of esters is 1. The number of carbonyl (C=O) groups is 1. The van der Waals surface area contributed by atoms with E-state index in [1.807, 2.05) is 43.3 Å². The minimum Gasteiger partial charge on any atom is -0.490 e. The largest absolute Gasteiger partial charge is 0.490 e. The van der Waals surface area contributed by atoms with Gasteiger partial charge in [-0.2, -0.15) is 0 Å². The number of nitrogens with zero attached hydrogens (tertiary/aromatic N) is 2. The van der Waals surface area contributed by atoms with E-state index in [0.717, 1.165) is 11.1 Å². The molecule has 1 aliphatic rings. The number of benzene rings is 3. The van der Waals surface area contributed by atoms with Gasteiger partial charge in [0.2, 0.25) is 0 Å². The molecular formula is C35H32ClFN2O5S. The Hall–Kier alpha value is -4.47. The Morgan fingerprint density at radius 3 is 2.53 bits per heavy atom. The molecule has 0 amide bonds. The zero-order chi connectivity index (χ0) is 32.1. The average Bonchev–Trinajstić information content (AvgIpc) is 3.31. The van der Waals surface area contributed by atoms with E-state index in [1.54, 1.807) is 38.1 Å². The second-order valence-electron chi connectivity index (χ2n) is 10.2. The van der Waals surface area contributed by atoms with Crippen LogP contribution in [0.4, 0.5) is 4.39 Å². The topological polar surface area (TPSA) is 79.1 Å². The van der Waals surface area contributed by atoms with Gasteiger partial charge in [-0.15, -0.1) is 6.58 Å². The lowest BCUT2D eigenvalue weighted by Crippen LogP contribution is -2.39. The van der Waals surface area contributed by atoms with Gasteiger partial charge in [0.15, 0.2) is 16.3 Å². The molecule has 0 fully saturated rings. The Morgan fingerprint density at radius 1 is 1.09 bits per heavy atom. The van der Waals surface area contributed by atoms with Crippen molar-refractivity contribution in [3.63, 3.8) is 0 Å². The molecule has 0 aliphatic carbocycles. The van der Waals surface area contributed by atoms with Crippen LogP contribution in [0.2, 0.25) is 5.02 Å². The first-order valence-electron chi connectivity index (χ1n) is 14.5. The standard InChI is InChI=1S/C35H32ClFN2O5S/c1-5-10-24-17-22(18-28(42-6-2)32(24)44-20-25-11-8-9-12-27(25)36)19-29-33(40)39-31(23-13-15-26(37)16-14-23)30(34(41)43-7-3)21(4)38-35(39)45-29/h5,8-9,11-19,31H,1,6-7,10,20H2,2-4H3/b29-19+/t31-/m0/s1. The molecule has 3 aromatic carbocycles. The maximum atomic E-state index is 14.0. The van der Waals surface area contributed by atoms with Gasteiger partial charge in [0.25, 0.3) is 5.56 Å². The Kier molecular flexibility index (Phi) is 10.0. The van der Waals surface area contributed by atoms with E-state index in [9.17, 15) is 14.0 Å². The molecule has 0 unspecified atom stereocenters. The molecule has 0 N–H and O–H groups in total. The maximum Gasteiger partial charge on any atom is 0.338 e. The van der Waals surface area contributed by atoms with Crippen molar-refractivity contribution in [3.05, 3.63) is 137 Å². The molecule has 0 bridgehead atoms. The van der Waals surface area contributed by atoms with Crippen LogP contribution in [0.1, 0.15) is 49.1 Å². The summed E-state index contributed by atoms with van der Waals surface area (Å²) in [5.41, 5.74) is 3.26. The Balaban J connectivity index is 1.63. The van der Waals surface area contributed by atoms with Crippen LogP contribution in [-0.4, -0.2) is 23.8 Å². The number of hydrogen-bond acceptors (Lipinski definition) is 7. The highest BCUT2D eigenvalue weighted by Crippen LogP contribution is 2.36. The summed E-state index contributed by atoms with van der Waals surface area (Å²) in [7, 11) is 0. The highest BCUT2D eigenvalue weighted by molar-refractivity contribution is 7.07. The predicted octanol–water partition coefficient (Wildman–Crippen LogP) is 6.30. The van der Waals surface area contributed by atoms with Gasteiger partial charge in [0.1, 0.15) is 12.4 Å². The highest BCUT2D eigenvalue weighted by Gasteiger charge is 2.33. The van der Waals surface area contributed by atoms with Crippen LogP contribution in [0.5, 0.6) is 11.5 Å². The van der Waals surface area contributed by atoms with Crippen LogP contribution in [0.3, 0.4) is 0 Å². The molecule has 1 atom stereocenters. The number of fused-ring (bicyclic) bond motifs is 1. The van der Waals surface area contributed by atoms with Gasteiger partial charge < -0.3 is 14.2 Å². The Morgan fingerprint density at radius 2 is 1.84 bits per heavy atom. The van der Waals surface area contributed by atoms with Gasteiger partial charge >= 0.3 is 5.97 Å². The lowest BCUT2D eigenvalue weighted by atomic mass is 9.96. The van der Waals surface area contributed by atoms with Gasteiger partial charge in [0.05, 0.1) is 35.1 Å². The summed E-state index contributed by atoms with van der Waals surface area (Å²) in [5, 5.41) is 0.605. The third kappa shape index (κ3) is 6.79. The van der Waals surface area contributed by atoms with Crippen molar-refractivity contribution in [3.8, 4) is 11.5 Å². The van der Waals surface area contributed by atoms with Gasteiger partial charge in [-0.3, -0.25) is 9.36 Å². The van der Waals surface area contributed by atoms with Gasteiger partial charge in [-0.25, -0.2) is 14.2 Å². The van der Waals surface area contributed by atoms with Gasteiger partial charge in [-0.05, 0) is 74.7 Å². The lowest BCUT2D eigenvalue weighted by Gasteiger charge is -2.24. The molecular weight excluding hydrogens is 615 g/mol. The molecule has 232 valence electrons. The molecule has 0 saturated heterocycles. The van der Waals surface area contributed by atoms with Crippen LogP contribution < -0.4 is 24.4 Å². The fourth-order valence-electron chi connectivity index (χ4n) is 5.17. The zero-order valence-corrected chi connectivity index (χ0v) is 26.7. The molecule has 2 heterocycles. The quantitative estimate of drug-likeness (QED) is 0.141. The summed E-state index contributed by atoms with van der Waals surface area (Å²) in [6.45, 7) is 10.00. The van der Waals surface area contributed by atoms with Crippen LogP contribution in [0.25, 0.3) is 6.08 Å². The molecule has 5 rings (SSSR count). The molecule has 0 spiro atoms. The Labute approximate surface area is 269 Å². The second kappa shape index (κ2) is 14.1. The molecule has 7 nitrogen and oxygen atoms in total. The summed E-state index contributed by atoms with van der Waals surface area (Å²) in [6.07, 6.45) is 4.03. The first-order chi connectivity index (χ1) is 21.7. The third-order valence-corrected chi connectivity index (χ3v) is 8.50. The van der Waals surface area contributed by atoms with Crippen molar-refractivity contribution in [1.82, 2.24) is 4.57 Å². The van der Waals surface area contributed by atoms with E-state index in [4.69, 9.17) is 25.8 Å². The maximum absolute atomic E-state index is 14.0. The first kappa shape index (κ1) is 31.9. The van der Waals surface area contributed by atoms with Crippen molar-refractivity contribution < 1.29 is 23.4 Å². The number of hydrogen-bond donors (Lipinski definition) is 0. The van der Waals surface area contributed by atoms with E-state index in [-0.39, 0.29) is 24.3 Å². The summed E-state index contributed by atoms with van der Waals surface area (Å²) in [5.74, 6) is 0.0864. The molecule has 0 radical (unpaired) electrons. The van der Waals surface area contributed by atoms with Crippen LogP contribution in [-0.2, 0) is 22.6 Å². The number of halogens is 2. The number of thiazole rings is 1. The fourth-order valence-corrected chi connectivity index (χ4v) is 6.41. The number of rotatable bonds is 11. The normalized spacial score (nSPS) is 14.5. The second-order valence-corrected chi connectivity index (χ2v) is 11.6. The number of carbonyl (C=O) groups excluding carboxylic acids is 1. The smallest absolute Gasteiger partial charge is 0.338 e. The minimum atomic E-state index is -0.834. The molecule has 1 aliphatic heterocycles. The predicted molar refractivity (Wildman–Crippen MR) is 174 cm³/mol. The number of aromatic nitrogens is 1. The Bertz CT molecular complexity index is 1960. The fraction of sp³-hybridized carbons (Fsp3) is 0.229. The monoisotopic (exact) mass is 646 g/mol. The van der Waals surface area contributed by atoms with Crippen molar-refractivity contribution in [2.75, 3.05) is 13.2 Å². The first-order valence-corrected chi connectivity index (χ1v) is 15.7. The summed E-state index contributed by atoms with van der Waals surface area (Å²) >= 11 is 7.56. The molecule has 0 saturated carbocycles. The van der Waals surface area contributed by atoms with Crippen LogP contribution in [0.15, 0.2) is 94.4 Å². The summed E-state index contributed by atoms with van der Waals surface area (Å²) in [4.78, 5) is 32.2. The molecule has 45 heavy (non-hydrogen) atoms.